The lowest BCUT2D eigenvalue weighted by Gasteiger charge is -2.22. The van der Waals surface area contributed by atoms with Crippen LogP contribution in [0.3, 0.4) is 0 Å². The Kier molecular flexibility index (Phi) is 4.20. The highest BCUT2D eigenvalue weighted by atomic mass is 35.5. The summed E-state index contributed by atoms with van der Waals surface area (Å²) in [5.74, 6) is -0.360. The quantitative estimate of drug-likeness (QED) is 0.799. The fraction of sp³-hybridized carbons (Fsp3) is 0.222. The summed E-state index contributed by atoms with van der Waals surface area (Å²) in [6, 6.07) is 10.3. The first-order valence-electron chi connectivity index (χ1n) is 7.40. The number of benzene rings is 2. The van der Waals surface area contributed by atoms with Crippen LogP contribution in [0.1, 0.15) is 31.8 Å². The summed E-state index contributed by atoms with van der Waals surface area (Å²) in [7, 11) is 3.96. The first kappa shape index (κ1) is 15.7. The number of anilines is 1. The van der Waals surface area contributed by atoms with Gasteiger partial charge in [0, 0.05) is 29.9 Å². The Morgan fingerprint density at radius 2 is 1.61 bits per heavy atom. The number of hydrogen-bond donors (Lipinski definition) is 1. The molecule has 1 N–H and O–H groups in total. The van der Waals surface area contributed by atoms with Gasteiger partial charge in [-0.3, -0.25) is 9.59 Å². The number of carbonyl (C=O) groups is 2. The minimum absolute atomic E-state index is 0.159. The molecular formula is C18H17ClN2O2. The van der Waals surface area contributed by atoms with Crippen molar-refractivity contribution in [1.82, 2.24) is 4.90 Å². The maximum Gasteiger partial charge on any atom is 0.198 e. The molecule has 5 heteroatoms. The highest BCUT2D eigenvalue weighted by molar-refractivity contribution is 6.39. The summed E-state index contributed by atoms with van der Waals surface area (Å²) in [6.45, 7) is 1.50. The fourth-order valence-corrected chi connectivity index (χ4v) is 3.02. The zero-order chi connectivity index (χ0) is 16.6. The highest BCUT2D eigenvalue weighted by Gasteiger charge is 2.33. The van der Waals surface area contributed by atoms with E-state index in [1.54, 1.807) is 30.3 Å². The van der Waals surface area contributed by atoms with Crippen LogP contribution in [0.4, 0.5) is 5.69 Å². The Balaban J connectivity index is 2.06. The van der Waals surface area contributed by atoms with Crippen LogP contribution in [0.5, 0.6) is 0 Å². The zero-order valence-electron chi connectivity index (χ0n) is 13.0. The van der Waals surface area contributed by atoms with Crippen molar-refractivity contribution in [3.63, 3.8) is 0 Å². The van der Waals surface area contributed by atoms with E-state index >= 15 is 0 Å². The third-order valence-corrected chi connectivity index (χ3v) is 4.21. The minimum atomic E-state index is -0.201. The maximum atomic E-state index is 12.9. The molecule has 1 aliphatic carbocycles. The number of fused-ring (bicyclic) bond motifs is 2. The van der Waals surface area contributed by atoms with E-state index in [1.165, 1.54) is 0 Å². The molecule has 0 spiro atoms. The number of ketones is 2. The number of rotatable bonds is 4. The zero-order valence-corrected chi connectivity index (χ0v) is 13.8. The van der Waals surface area contributed by atoms with E-state index in [9.17, 15) is 9.59 Å². The monoisotopic (exact) mass is 328 g/mol. The molecule has 0 bridgehead atoms. The molecule has 23 heavy (non-hydrogen) atoms. The molecule has 2 aromatic rings. The van der Waals surface area contributed by atoms with E-state index in [0.717, 1.165) is 6.54 Å². The number of halogens is 1. The first-order valence-corrected chi connectivity index (χ1v) is 7.78. The van der Waals surface area contributed by atoms with Gasteiger partial charge >= 0.3 is 0 Å². The Morgan fingerprint density at radius 1 is 0.957 bits per heavy atom. The van der Waals surface area contributed by atoms with Crippen LogP contribution in [0.2, 0.25) is 5.02 Å². The predicted molar refractivity (Wildman–Crippen MR) is 91.8 cm³/mol. The SMILES string of the molecule is CN(C)CCNc1cccc2c1C(=O)c1c(Cl)cccc1C2=O. The molecule has 0 saturated heterocycles. The van der Waals surface area contributed by atoms with E-state index in [2.05, 4.69) is 5.32 Å². The lowest BCUT2D eigenvalue weighted by Crippen LogP contribution is -2.25. The van der Waals surface area contributed by atoms with Crippen molar-refractivity contribution in [3.05, 3.63) is 63.7 Å². The molecular weight excluding hydrogens is 312 g/mol. The van der Waals surface area contributed by atoms with Gasteiger partial charge < -0.3 is 10.2 Å². The molecule has 0 atom stereocenters. The molecule has 2 aromatic carbocycles. The second kappa shape index (κ2) is 6.14. The number of nitrogens with one attached hydrogen (secondary N) is 1. The highest BCUT2D eigenvalue weighted by Crippen LogP contribution is 2.35. The van der Waals surface area contributed by atoms with Crippen LogP contribution < -0.4 is 5.32 Å². The van der Waals surface area contributed by atoms with Crippen molar-refractivity contribution in [2.45, 2.75) is 0 Å². The van der Waals surface area contributed by atoms with Gasteiger partial charge in [0.25, 0.3) is 0 Å². The van der Waals surface area contributed by atoms with Gasteiger partial charge in [0.1, 0.15) is 0 Å². The lowest BCUT2D eigenvalue weighted by molar-refractivity contribution is 0.0979. The molecule has 1 aliphatic rings. The van der Waals surface area contributed by atoms with E-state index in [1.807, 2.05) is 25.1 Å². The Morgan fingerprint density at radius 3 is 2.30 bits per heavy atom. The second-order valence-electron chi connectivity index (χ2n) is 5.78. The third kappa shape index (κ3) is 2.76. The normalized spacial score (nSPS) is 13.0. The molecule has 0 saturated carbocycles. The average molecular weight is 329 g/mol. The molecule has 0 aliphatic heterocycles. The minimum Gasteiger partial charge on any atom is -0.383 e. The van der Waals surface area contributed by atoms with Gasteiger partial charge in [-0.25, -0.2) is 0 Å². The molecule has 0 heterocycles. The van der Waals surface area contributed by atoms with E-state index in [0.29, 0.717) is 39.5 Å². The van der Waals surface area contributed by atoms with Gasteiger partial charge in [0.2, 0.25) is 0 Å². The summed E-state index contributed by atoms with van der Waals surface area (Å²) >= 11 is 6.17. The van der Waals surface area contributed by atoms with Crippen molar-refractivity contribution in [2.75, 3.05) is 32.5 Å². The molecule has 0 amide bonds. The van der Waals surface area contributed by atoms with Gasteiger partial charge in [-0.2, -0.15) is 0 Å². The summed E-state index contributed by atoms with van der Waals surface area (Å²) in [5.41, 5.74) is 2.19. The standard InChI is InChI=1S/C18H17ClN2O2/c1-21(2)10-9-20-14-8-4-6-12-16(14)18(23)15-11(17(12)22)5-3-7-13(15)19/h3-8,20H,9-10H2,1-2H3. The van der Waals surface area contributed by atoms with Crippen molar-refractivity contribution in [1.29, 1.82) is 0 Å². The van der Waals surface area contributed by atoms with Crippen LogP contribution >= 0.6 is 11.6 Å². The van der Waals surface area contributed by atoms with Crippen LogP contribution in [0, 0.1) is 0 Å². The maximum absolute atomic E-state index is 12.9. The molecule has 4 nitrogen and oxygen atoms in total. The van der Waals surface area contributed by atoms with Gasteiger partial charge in [-0.15, -0.1) is 0 Å². The summed E-state index contributed by atoms with van der Waals surface area (Å²) in [6.07, 6.45) is 0. The Bertz CT molecular complexity index is 800. The Labute approximate surface area is 140 Å². The molecule has 0 unspecified atom stereocenters. The van der Waals surface area contributed by atoms with Crippen LogP contribution in [-0.4, -0.2) is 43.7 Å². The van der Waals surface area contributed by atoms with Crippen molar-refractivity contribution in [3.8, 4) is 0 Å². The average Bonchev–Trinajstić information content (AvgIpc) is 2.52. The third-order valence-electron chi connectivity index (χ3n) is 3.90. The largest absolute Gasteiger partial charge is 0.383 e. The fourth-order valence-electron chi connectivity index (χ4n) is 2.76. The summed E-state index contributed by atoms with van der Waals surface area (Å²) in [4.78, 5) is 27.6. The second-order valence-corrected chi connectivity index (χ2v) is 6.19. The van der Waals surface area contributed by atoms with E-state index < -0.39 is 0 Å². The van der Waals surface area contributed by atoms with Crippen LogP contribution in [-0.2, 0) is 0 Å². The molecule has 0 aromatic heterocycles. The number of carbonyl (C=O) groups excluding carboxylic acids is 2. The molecule has 0 fully saturated rings. The van der Waals surface area contributed by atoms with Gasteiger partial charge in [0.05, 0.1) is 16.1 Å². The molecule has 118 valence electrons. The summed E-state index contributed by atoms with van der Waals surface area (Å²) < 4.78 is 0. The summed E-state index contributed by atoms with van der Waals surface area (Å²) in [5, 5.41) is 3.56. The number of nitrogens with zero attached hydrogens (tertiary/aromatic N) is 1. The smallest absolute Gasteiger partial charge is 0.198 e. The van der Waals surface area contributed by atoms with Crippen LogP contribution in [0.15, 0.2) is 36.4 Å². The van der Waals surface area contributed by atoms with Gasteiger partial charge in [-0.1, -0.05) is 35.9 Å². The number of likely N-dealkylation sites (N-methyl/N-ethyl adjacent to an activating group) is 1. The Hall–Kier alpha value is -2.17. The van der Waals surface area contributed by atoms with Crippen molar-refractivity contribution in [2.24, 2.45) is 0 Å². The first-order chi connectivity index (χ1) is 11.0. The van der Waals surface area contributed by atoms with Crippen molar-refractivity contribution >= 4 is 28.9 Å². The van der Waals surface area contributed by atoms with Gasteiger partial charge in [0.15, 0.2) is 11.6 Å². The van der Waals surface area contributed by atoms with Gasteiger partial charge in [-0.05, 0) is 26.2 Å². The molecule has 0 radical (unpaired) electrons. The lowest BCUT2D eigenvalue weighted by atomic mass is 9.83. The van der Waals surface area contributed by atoms with E-state index in [4.69, 9.17) is 11.6 Å². The topological polar surface area (TPSA) is 49.4 Å². The van der Waals surface area contributed by atoms with E-state index in [-0.39, 0.29) is 11.6 Å². The predicted octanol–water partition coefficient (Wildman–Crippen LogP) is 3.09. The molecule has 3 rings (SSSR count). The van der Waals surface area contributed by atoms with Crippen LogP contribution in [0.25, 0.3) is 0 Å². The van der Waals surface area contributed by atoms with Crippen molar-refractivity contribution < 1.29 is 9.59 Å². The number of hydrogen-bond acceptors (Lipinski definition) is 4.